The van der Waals surface area contributed by atoms with E-state index in [1.165, 1.54) is 18.5 Å². The highest BCUT2D eigenvalue weighted by molar-refractivity contribution is 5.77. The van der Waals surface area contributed by atoms with Gasteiger partial charge in [0.15, 0.2) is 0 Å². The number of fused-ring (bicyclic) bond motifs is 1. The van der Waals surface area contributed by atoms with Gasteiger partial charge in [-0.2, -0.15) is 18.3 Å². The van der Waals surface area contributed by atoms with Crippen LogP contribution in [0.25, 0.3) is 22.3 Å². The molecule has 2 heterocycles. The molecule has 0 aliphatic heterocycles. The minimum absolute atomic E-state index is 0.202. The Morgan fingerprint density at radius 3 is 2.58 bits per heavy atom. The lowest BCUT2D eigenvalue weighted by atomic mass is 10.1. The van der Waals surface area contributed by atoms with Gasteiger partial charge in [-0.25, -0.2) is 4.98 Å². The smallest absolute Gasteiger partial charge is 0.285 e. The molecule has 1 aromatic carbocycles. The summed E-state index contributed by atoms with van der Waals surface area (Å²) in [6, 6.07) is 3.30. The third kappa shape index (κ3) is 2.14. The average Bonchev–Trinajstić information content (AvgIpc) is 2.90. The highest BCUT2D eigenvalue weighted by Crippen LogP contribution is 2.31. The molecule has 0 aliphatic rings. The summed E-state index contributed by atoms with van der Waals surface area (Å²) in [5.74, 6) is 0. The summed E-state index contributed by atoms with van der Waals surface area (Å²) in [6.45, 7) is 0. The van der Waals surface area contributed by atoms with Crippen LogP contribution in [0, 0.1) is 0 Å². The molecule has 0 atom stereocenters. The summed E-state index contributed by atoms with van der Waals surface area (Å²) in [4.78, 5) is 8.26. The predicted molar refractivity (Wildman–Crippen MR) is 62.1 cm³/mol. The molecule has 96 valence electrons. The average molecular weight is 264 g/mol. The second kappa shape index (κ2) is 4.04. The van der Waals surface area contributed by atoms with E-state index in [9.17, 15) is 13.2 Å². The molecular formula is C12H7F3N4. The maximum absolute atomic E-state index is 12.6. The molecule has 7 heteroatoms. The molecule has 3 aromatic rings. The molecule has 0 saturated carbocycles. The van der Waals surface area contributed by atoms with Crippen molar-refractivity contribution in [3.8, 4) is 11.3 Å². The zero-order valence-corrected chi connectivity index (χ0v) is 9.44. The van der Waals surface area contributed by atoms with Crippen molar-refractivity contribution in [2.75, 3.05) is 0 Å². The molecular weight excluding hydrogens is 257 g/mol. The second-order valence-corrected chi connectivity index (χ2v) is 3.94. The lowest BCUT2D eigenvalue weighted by molar-refractivity contribution is -0.137. The lowest BCUT2D eigenvalue weighted by Crippen LogP contribution is -2.04. The van der Waals surface area contributed by atoms with Crippen LogP contribution in [0.15, 0.2) is 36.8 Å². The van der Waals surface area contributed by atoms with Crippen molar-refractivity contribution in [2.45, 2.75) is 6.18 Å². The van der Waals surface area contributed by atoms with E-state index in [1.54, 1.807) is 6.20 Å². The molecule has 0 fully saturated rings. The maximum Gasteiger partial charge on any atom is 0.416 e. The van der Waals surface area contributed by atoms with Gasteiger partial charge in [0, 0.05) is 11.8 Å². The van der Waals surface area contributed by atoms with E-state index in [1.807, 2.05) is 0 Å². The van der Waals surface area contributed by atoms with Crippen molar-refractivity contribution >= 4 is 11.0 Å². The lowest BCUT2D eigenvalue weighted by Gasteiger charge is -2.07. The van der Waals surface area contributed by atoms with Crippen molar-refractivity contribution < 1.29 is 13.2 Å². The number of alkyl halides is 3. The Kier molecular flexibility index (Phi) is 2.48. The Morgan fingerprint density at radius 1 is 1.05 bits per heavy atom. The van der Waals surface area contributed by atoms with Crippen LogP contribution in [0.2, 0.25) is 0 Å². The fourth-order valence-electron chi connectivity index (χ4n) is 1.72. The van der Waals surface area contributed by atoms with Crippen LogP contribution in [-0.2, 0) is 6.18 Å². The van der Waals surface area contributed by atoms with Gasteiger partial charge >= 0.3 is 6.18 Å². The Bertz CT molecular complexity index is 719. The number of halogens is 3. The highest BCUT2D eigenvalue weighted by atomic mass is 19.4. The Balaban J connectivity index is 2.16. The summed E-state index contributed by atoms with van der Waals surface area (Å²) in [6.07, 6.45) is 0.245. The highest BCUT2D eigenvalue weighted by Gasteiger charge is 2.30. The van der Waals surface area contributed by atoms with E-state index in [0.29, 0.717) is 16.8 Å². The number of benzene rings is 1. The van der Waals surface area contributed by atoms with Crippen molar-refractivity contribution in [3.63, 3.8) is 0 Å². The van der Waals surface area contributed by atoms with Crippen LogP contribution in [0.1, 0.15) is 5.56 Å². The Labute approximate surface area is 105 Å². The molecule has 1 N–H and O–H groups in total. The fourth-order valence-corrected chi connectivity index (χ4v) is 1.72. The van der Waals surface area contributed by atoms with Crippen molar-refractivity contribution in [1.29, 1.82) is 0 Å². The van der Waals surface area contributed by atoms with Crippen LogP contribution in [-0.4, -0.2) is 20.2 Å². The number of aromatic nitrogens is 4. The third-order valence-electron chi connectivity index (χ3n) is 2.66. The van der Waals surface area contributed by atoms with Crippen molar-refractivity contribution in [3.05, 3.63) is 42.4 Å². The number of nitrogens with zero attached hydrogens (tertiary/aromatic N) is 3. The van der Waals surface area contributed by atoms with Crippen molar-refractivity contribution in [2.24, 2.45) is 0 Å². The van der Waals surface area contributed by atoms with Crippen LogP contribution in [0.3, 0.4) is 0 Å². The second-order valence-electron chi connectivity index (χ2n) is 3.94. The topological polar surface area (TPSA) is 54.5 Å². The van der Waals surface area contributed by atoms with Crippen LogP contribution in [0.5, 0.6) is 0 Å². The van der Waals surface area contributed by atoms with E-state index >= 15 is 0 Å². The summed E-state index contributed by atoms with van der Waals surface area (Å²) < 4.78 is 37.9. The van der Waals surface area contributed by atoms with Crippen LogP contribution in [0.4, 0.5) is 13.2 Å². The van der Waals surface area contributed by atoms with Gasteiger partial charge in [0.2, 0.25) is 0 Å². The molecule has 4 nitrogen and oxygen atoms in total. The number of hydrogen-bond acceptors (Lipinski definition) is 3. The minimum Gasteiger partial charge on any atom is -0.285 e. The summed E-state index contributed by atoms with van der Waals surface area (Å²) in [7, 11) is 0. The van der Waals surface area contributed by atoms with Crippen LogP contribution >= 0.6 is 0 Å². The van der Waals surface area contributed by atoms with E-state index in [-0.39, 0.29) is 5.52 Å². The molecule has 0 aliphatic carbocycles. The number of H-pyrrole nitrogens is 1. The van der Waals surface area contributed by atoms with Gasteiger partial charge in [-0.3, -0.25) is 10.1 Å². The van der Waals surface area contributed by atoms with E-state index < -0.39 is 11.7 Å². The normalized spacial score (nSPS) is 11.9. The summed E-state index contributed by atoms with van der Waals surface area (Å²) >= 11 is 0. The van der Waals surface area contributed by atoms with Gasteiger partial charge in [0.1, 0.15) is 0 Å². The Morgan fingerprint density at radius 2 is 1.89 bits per heavy atom. The van der Waals surface area contributed by atoms with Gasteiger partial charge in [-0.05, 0) is 18.2 Å². The van der Waals surface area contributed by atoms with Crippen LogP contribution < -0.4 is 0 Å². The molecule has 19 heavy (non-hydrogen) atoms. The van der Waals surface area contributed by atoms with Gasteiger partial charge in [-0.15, -0.1) is 0 Å². The molecule has 0 spiro atoms. The summed E-state index contributed by atoms with van der Waals surface area (Å²) in [5.41, 5.74) is 1.03. The quantitative estimate of drug-likeness (QED) is 0.735. The first kappa shape index (κ1) is 11.6. The maximum atomic E-state index is 12.6. The zero-order valence-electron chi connectivity index (χ0n) is 9.44. The first-order chi connectivity index (χ1) is 9.04. The van der Waals surface area contributed by atoms with Gasteiger partial charge in [-0.1, -0.05) is 0 Å². The fraction of sp³-hybridized carbons (Fsp3) is 0.0833. The van der Waals surface area contributed by atoms with E-state index in [0.717, 1.165) is 12.1 Å². The number of aromatic amines is 1. The van der Waals surface area contributed by atoms with Gasteiger partial charge < -0.3 is 0 Å². The molecule has 0 bridgehead atoms. The number of rotatable bonds is 1. The largest absolute Gasteiger partial charge is 0.416 e. The van der Waals surface area contributed by atoms with Gasteiger partial charge in [0.25, 0.3) is 0 Å². The molecule has 0 amide bonds. The molecule has 3 rings (SSSR count). The Hall–Kier alpha value is -2.44. The molecule has 0 unspecified atom stereocenters. The zero-order chi connectivity index (χ0) is 13.5. The minimum atomic E-state index is -4.39. The first-order valence-corrected chi connectivity index (χ1v) is 5.37. The summed E-state index contributed by atoms with van der Waals surface area (Å²) in [5, 5.41) is 6.38. The third-order valence-corrected chi connectivity index (χ3v) is 2.66. The molecule has 2 aromatic heterocycles. The monoisotopic (exact) mass is 264 g/mol. The predicted octanol–water partition coefficient (Wildman–Crippen LogP) is 3.04. The number of nitrogens with one attached hydrogen (secondary N) is 1. The SMILES string of the molecule is FC(F)(F)c1ccc2ncc(-c3cn[nH]c3)nc2c1. The van der Waals surface area contributed by atoms with Crippen molar-refractivity contribution in [1.82, 2.24) is 20.2 Å². The van der Waals surface area contributed by atoms with E-state index in [4.69, 9.17) is 0 Å². The molecule has 0 radical (unpaired) electrons. The first-order valence-electron chi connectivity index (χ1n) is 5.37. The number of hydrogen-bond donors (Lipinski definition) is 1. The van der Waals surface area contributed by atoms with E-state index in [2.05, 4.69) is 20.2 Å². The molecule has 0 saturated heterocycles. The van der Waals surface area contributed by atoms with Gasteiger partial charge in [0.05, 0.1) is 34.7 Å². The standard InChI is InChI=1S/C12H7F3N4/c13-12(14,15)8-1-2-9-10(3-8)19-11(6-16-9)7-4-17-18-5-7/h1-6H,(H,17,18).